The van der Waals surface area contributed by atoms with Gasteiger partial charge in [0.25, 0.3) is 11.8 Å². The Bertz CT molecular complexity index is 1050. The summed E-state index contributed by atoms with van der Waals surface area (Å²) >= 11 is 0. The number of esters is 1. The quantitative estimate of drug-likeness (QED) is 0.511. The van der Waals surface area contributed by atoms with Crippen molar-refractivity contribution in [2.24, 2.45) is 0 Å². The first kappa shape index (κ1) is 23.0. The molecule has 2 aromatic carbocycles. The zero-order valence-electron chi connectivity index (χ0n) is 18.6. The van der Waals surface area contributed by atoms with Crippen LogP contribution < -0.4 is 10.6 Å². The summed E-state index contributed by atoms with van der Waals surface area (Å²) in [5.74, 6) is -1.90. The summed E-state index contributed by atoms with van der Waals surface area (Å²) in [5.41, 5.74) is 1.85. The maximum Gasteiger partial charge on any atom is 0.327 e. The van der Waals surface area contributed by atoms with Gasteiger partial charge in [-0.15, -0.1) is 0 Å². The van der Waals surface area contributed by atoms with Crippen molar-refractivity contribution >= 4 is 29.5 Å². The molecule has 1 fully saturated rings. The fraction of sp³-hybridized carbons (Fsp3) is 0.333. The Hall–Kier alpha value is -3.68. The van der Waals surface area contributed by atoms with Gasteiger partial charge in [-0.05, 0) is 44.4 Å². The van der Waals surface area contributed by atoms with Crippen molar-refractivity contribution in [2.75, 3.05) is 11.9 Å². The Morgan fingerprint density at radius 2 is 1.81 bits per heavy atom. The summed E-state index contributed by atoms with van der Waals surface area (Å²) in [7, 11) is 0. The number of aryl methyl sites for hydroxylation is 2. The lowest BCUT2D eigenvalue weighted by atomic mass is 9.99. The van der Waals surface area contributed by atoms with E-state index >= 15 is 0 Å². The van der Waals surface area contributed by atoms with E-state index in [9.17, 15) is 19.2 Å². The summed E-state index contributed by atoms with van der Waals surface area (Å²) in [6, 6.07) is 13.6. The summed E-state index contributed by atoms with van der Waals surface area (Å²) in [4.78, 5) is 51.3. The number of anilines is 1. The van der Waals surface area contributed by atoms with Crippen molar-refractivity contribution < 1.29 is 23.9 Å². The van der Waals surface area contributed by atoms with Gasteiger partial charge in [0.15, 0.2) is 0 Å². The third-order valence-corrected chi connectivity index (χ3v) is 5.58. The molecular weight excluding hydrogens is 410 g/mol. The number of ether oxygens (including phenoxy) is 1. The van der Waals surface area contributed by atoms with Gasteiger partial charge >= 0.3 is 12.0 Å². The Balaban J connectivity index is 1.79. The maximum absolute atomic E-state index is 13.1. The Morgan fingerprint density at radius 1 is 1.12 bits per heavy atom. The van der Waals surface area contributed by atoms with E-state index < -0.39 is 42.0 Å². The zero-order valence-corrected chi connectivity index (χ0v) is 18.6. The first-order valence-corrected chi connectivity index (χ1v) is 10.4. The minimum Gasteiger partial charge on any atom is -0.446 e. The van der Waals surface area contributed by atoms with Crippen LogP contribution in [0.3, 0.4) is 0 Å². The number of hydrogen-bond donors (Lipinski definition) is 2. The van der Waals surface area contributed by atoms with Crippen molar-refractivity contribution in [1.29, 1.82) is 0 Å². The molecule has 2 unspecified atom stereocenters. The van der Waals surface area contributed by atoms with Gasteiger partial charge in [0.1, 0.15) is 12.1 Å². The fourth-order valence-electron chi connectivity index (χ4n) is 3.40. The molecule has 1 aliphatic rings. The van der Waals surface area contributed by atoms with Gasteiger partial charge in [-0.1, -0.05) is 49.4 Å². The first-order valence-electron chi connectivity index (χ1n) is 10.4. The highest BCUT2D eigenvalue weighted by atomic mass is 16.5. The number of urea groups is 1. The molecule has 0 saturated carbocycles. The highest BCUT2D eigenvalue weighted by Crippen LogP contribution is 2.24. The number of hydrogen-bond acceptors (Lipinski definition) is 5. The topological polar surface area (TPSA) is 105 Å². The zero-order chi connectivity index (χ0) is 23.5. The summed E-state index contributed by atoms with van der Waals surface area (Å²) in [6.45, 7) is 6.55. The molecule has 168 valence electrons. The molecular formula is C24H27N3O5. The third kappa shape index (κ3) is 4.80. The summed E-state index contributed by atoms with van der Waals surface area (Å²) in [6.07, 6.45) is -0.865. The van der Waals surface area contributed by atoms with E-state index in [1.165, 1.54) is 0 Å². The van der Waals surface area contributed by atoms with Crippen LogP contribution in [0.25, 0.3) is 0 Å². The second-order valence-electron chi connectivity index (χ2n) is 8.10. The second-order valence-corrected chi connectivity index (χ2v) is 8.10. The molecule has 2 aromatic rings. The van der Waals surface area contributed by atoms with Gasteiger partial charge in [0.2, 0.25) is 6.10 Å². The number of amides is 4. The molecule has 8 nitrogen and oxygen atoms in total. The van der Waals surface area contributed by atoms with Crippen LogP contribution in [0.15, 0.2) is 48.5 Å². The first-order chi connectivity index (χ1) is 15.1. The van der Waals surface area contributed by atoms with Crippen LogP contribution in [0.5, 0.6) is 0 Å². The van der Waals surface area contributed by atoms with Gasteiger partial charge in [-0.2, -0.15) is 0 Å². The van der Waals surface area contributed by atoms with E-state index in [4.69, 9.17) is 4.74 Å². The van der Waals surface area contributed by atoms with Crippen LogP contribution in [0.1, 0.15) is 43.1 Å². The number of nitrogens with zero attached hydrogens (tertiary/aromatic N) is 1. The number of nitrogens with one attached hydrogen (secondary N) is 2. The molecule has 0 aliphatic carbocycles. The highest BCUT2D eigenvalue weighted by Gasteiger charge is 2.47. The molecule has 4 amide bonds. The molecule has 0 aromatic heterocycles. The smallest absolute Gasteiger partial charge is 0.327 e. The Labute approximate surface area is 186 Å². The van der Waals surface area contributed by atoms with E-state index in [-0.39, 0.29) is 0 Å². The predicted octanol–water partition coefficient (Wildman–Crippen LogP) is 3.25. The molecule has 32 heavy (non-hydrogen) atoms. The monoisotopic (exact) mass is 437 g/mol. The van der Waals surface area contributed by atoms with Crippen LogP contribution in [-0.2, 0) is 19.1 Å². The lowest BCUT2D eigenvalue weighted by molar-refractivity contribution is -0.156. The SMILES string of the molecule is CCC1(C)NC(=O)N(CC(=O)OC(C(=O)Nc2cc(C)ccc2C)c2ccccc2)C1=O. The maximum atomic E-state index is 13.1. The number of rotatable bonds is 7. The molecule has 8 heteroatoms. The van der Waals surface area contributed by atoms with Crippen LogP contribution in [-0.4, -0.2) is 40.8 Å². The van der Waals surface area contributed by atoms with Crippen LogP contribution >= 0.6 is 0 Å². The minimum atomic E-state index is -1.25. The lowest BCUT2D eigenvalue weighted by Gasteiger charge is -2.21. The van der Waals surface area contributed by atoms with Crippen molar-refractivity contribution in [3.8, 4) is 0 Å². The minimum absolute atomic E-state index is 0.383. The molecule has 1 aliphatic heterocycles. The Kier molecular flexibility index (Phi) is 6.62. The van der Waals surface area contributed by atoms with E-state index in [0.29, 0.717) is 17.7 Å². The molecule has 2 atom stereocenters. The average Bonchev–Trinajstić information content (AvgIpc) is 2.98. The summed E-state index contributed by atoms with van der Waals surface area (Å²) < 4.78 is 5.48. The van der Waals surface area contributed by atoms with Gasteiger partial charge in [-0.3, -0.25) is 19.3 Å². The number of imide groups is 1. The molecule has 0 spiro atoms. The largest absolute Gasteiger partial charge is 0.446 e. The average molecular weight is 437 g/mol. The van der Waals surface area contributed by atoms with Gasteiger partial charge < -0.3 is 15.4 Å². The molecule has 0 bridgehead atoms. The summed E-state index contributed by atoms with van der Waals surface area (Å²) in [5, 5.41) is 5.40. The van der Waals surface area contributed by atoms with Crippen molar-refractivity contribution in [3.05, 3.63) is 65.2 Å². The third-order valence-electron chi connectivity index (χ3n) is 5.58. The van der Waals surface area contributed by atoms with Gasteiger partial charge in [0, 0.05) is 11.3 Å². The van der Waals surface area contributed by atoms with Crippen LogP contribution in [0, 0.1) is 13.8 Å². The lowest BCUT2D eigenvalue weighted by Crippen LogP contribution is -2.43. The van der Waals surface area contributed by atoms with E-state index in [1.807, 2.05) is 32.0 Å². The van der Waals surface area contributed by atoms with Gasteiger partial charge in [-0.25, -0.2) is 4.79 Å². The molecule has 3 rings (SSSR count). The highest BCUT2D eigenvalue weighted by molar-refractivity contribution is 6.08. The predicted molar refractivity (Wildman–Crippen MR) is 119 cm³/mol. The van der Waals surface area contributed by atoms with Crippen molar-refractivity contribution in [1.82, 2.24) is 10.2 Å². The van der Waals surface area contributed by atoms with Crippen molar-refractivity contribution in [3.63, 3.8) is 0 Å². The van der Waals surface area contributed by atoms with Gasteiger partial charge in [0.05, 0.1) is 0 Å². The van der Waals surface area contributed by atoms with E-state index in [1.54, 1.807) is 44.2 Å². The fourth-order valence-corrected chi connectivity index (χ4v) is 3.40. The number of benzene rings is 2. The van der Waals surface area contributed by atoms with Crippen LogP contribution in [0.4, 0.5) is 10.5 Å². The van der Waals surface area contributed by atoms with Crippen molar-refractivity contribution in [2.45, 2.75) is 45.8 Å². The standard InChI is InChI=1S/C24H27N3O5/c1-5-24(4)22(30)27(23(31)26-24)14-19(28)32-20(17-9-7-6-8-10-17)21(29)25-18-13-15(2)11-12-16(18)3/h6-13,20H,5,14H2,1-4H3,(H,25,29)(H,26,31). The second kappa shape index (κ2) is 9.21. The number of carbonyl (C=O) groups is 4. The van der Waals surface area contributed by atoms with Crippen LogP contribution in [0.2, 0.25) is 0 Å². The molecule has 0 radical (unpaired) electrons. The molecule has 1 heterocycles. The normalized spacial score (nSPS) is 18.8. The number of carbonyl (C=O) groups excluding carboxylic acids is 4. The Morgan fingerprint density at radius 3 is 2.44 bits per heavy atom. The molecule has 1 saturated heterocycles. The molecule has 2 N–H and O–H groups in total. The van der Waals surface area contributed by atoms with E-state index in [2.05, 4.69) is 10.6 Å². The van der Waals surface area contributed by atoms with E-state index in [0.717, 1.165) is 16.0 Å².